The molecule has 1 heteroatoms. The molecule has 15 heavy (non-hydrogen) atoms. The van der Waals surface area contributed by atoms with Gasteiger partial charge in [0.1, 0.15) is 0 Å². The Kier molecular flexibility index (Phi) is 1.95. The maximum atomic E-state index is 3.31. The van der Waals surface area contributed by atoms with Gasteiger partial charge in [-0.25, -0.2) is 0 Å². The minimum atomic E-state index is 1.04. The molecule has 0 bridgehead atoms. The summed E-state index contributed by atoms with van der Waals surface area (Å²) in [4.78, 5) is 3.31. The monoisotopic (exact) mass is 195 g/mol. The lowest BCUT2D eigenvalue weighted by atomic mass is 10.1. The van der Waals surface area contributed by atoms with Crippen molar-refractivity contribution in [2.75, 3.05) is 0 Å². The molecule has 1 N–H and O–H groups in total. The molecule has 3 rings (SSSR count). The van der Waals surface area contributed by atoms with Crippen LogP contribution in [0.25, 0.3) is 10.9 Å². The fraction of sp³-hybridized carbons (Fsp3) is 0.143. The van der Waals surface area contributed by atoms with Crippen molar-refractivity contribution in [3.05, 3.63) is 59.8 Å². The van der Waals surface area contributed by atoms with Gasteiger partial charge >= 0.3 is 0 Å². The van der Waals surface area contributed by atoms with Crippen LogP contribution in [-0.4, -0.2) is 4.98 Å². The highest BCUT2D eigenvalue weighted by Gasteiger charge is 2.05. The van der Waals surface area contributed by atoms with Crippen LogP contribution in [0.15, 0.2) is 54.3 Å². The first kappa shape index (κ1) is 8.54. The average Bonchev–Trinajstić information content (AvgIpc) is 2.89. The van der Waals surface area contributed by atoms with E-state index in [9.17, 15) is 0 Å². The Balaban J connectivity index is 2.00. The third-order valence-corrected chi connectivity index (χ3v) is 2.92. The van der Waals surface area contributed by atoms with Gasteiger partial charge in [-0.1, -0.05) is 36.4 Å². The number of aromatic nitrogens is 1. The lowest BCUT2D eigenvalue weighted by Gasteiger charge is -1.98. The molecule has 0 saturated carbocycles. The van der Waals surface area contributed by atoms with Gasteiger partial charge in [0.05, 0.1) is 0 Å². The highest BCUT2D eigenvalue weighted by Crippen LogP contribution is 2.22. The van der Waals surface area contributed by atoms with E-state index in [2.05, 4.69) is 53.7 Å². The molecule has 1 nitrogen and oxygen atoms in total. The number of rotatable bonds is 2. The van der Waals surface area contributed by atoms with Crippen molar-refractivity contribution in [2.45, 2.75) is 12.8 Å². The summed E-state index contributed by atoms with van der Waals surface area (Å²) in [6.45, 7) is 0. The number of nitrogens with one attached hydrogen (secondary N) is 1. The largest absolute Gasteiger partial charge is 0.361 e. The number of para-hydroxylation sites is 1. The van der Waals surface area contributed by atoms with E-state index in [1.807, 2.05) is 0 Å². The molecule has 1 aliphatic carbocycles. The molecule has 0 saturated heterocycles. The van der Waals surface area contributed by atoms with Crippen molar-refractivity contribution < 1.29 is 0 Å². The maximum absolute atomic E-state index is 3.31. The number of hydrogen-bond donors (Lipinski definition) is 1. The molecule has 2 aromatic rings. The standard InChI is InChI=1S/C14H13N/c1-2-6-11(5-1)9-12-10-15-14-8-4-3-7-13(12)14/h1,3-8,10,15H,2,9H2. The summed E-state index contributed by atoms with van der Waals surface area (Å²) in [5.41, 5.74) is 4.05. The molecule has 1 heterocycles. The van der Waals surface area contributed by atoms with E-state index in [0.717, 1.165) is 12.8 Å². The van der Waals surface area contributed by atoms with Crippen molar-refractivity contribution >= 4 is 10.9 Å². The smallest absolute Gasteiger partial charge is 0.0456 e. The average molecular weight is 195 g/mol. The fourth-order valence-electron chi connectivity index (χ4n) is 2.14. The minimum Gasteiger partial charge on any atom is -0.361 e. The lowest BCUT2D eigenvalue weighted by molar-refractivity contribution is 1.21. The molecular formula is C14H13N. The fourth-order valence-corrected chi connectivity index (χ4v) is 2.14. The first-order valence-electron chi connectivity index (χ1n) is 5.34. The highest BCUT2D eigenvalue weighted by molar-refractivity contribution is 5.83. The van der Waals surface area contributed by atoms with Gasteiger partial charge in [-0.2, -0.15) is 0 Å². The van der Waals surface area contributed by atoms with Crippen LogP contribution in [-0.2, 0) is 6.42 Å². The Morgan fingerprint density at radius 3 is 3.00 bits per heavy atom. The van der Waals surface area contributed by atoms with Crippen molar-refractivity contribution in [1.82, 2.24) is 4.98 Å². The van der Waals surface area contributed by atoms with Gasteiger partial charge in [0, 0.05) is 17.1 Å². The summed E-state index contributed by atoms with van der Waals surface area (Å²) in [6.07, 6.45) is 11.0. The minimum absolute atomic E-state index is 1.04. The first-order valence-corrected chi connectivity index (χ1v) is 5.34. The van der Waals surface area contributed by atoms with E-state index in [1.54, 1.807) is 0 Å². The number of hydrogen-bond acceptors (Lipinski definition) is 0. The van der Waals surface area contributed by atoms with Crippen LogP contribution in [0.1, 0.15) is 12.0 Å². The van der Waals surface area contributed by atoms with Gasteiger partial charge in [-0.15, -0.1) is 0 Å². The van der Waals surface area contributed by atoms with Gasteiger partial charge in [-0.3, -0.25) is 0 Å². The normalized spacial score (nSPS) is 14.8. The van der Waals surface area contributed by atoms with Crippen molar-refractivity contribution in [3.8, 4) is 0 Å². The van der Waals surface area contributed by atoms with E-state index in [4.69, 9.17) is 0 Å². The summed E-state index contributed by atoms with van der Waals surface area (Å²) >= 11 is 0. The Morgan fingerprint density at radius 2 is 2.13 bits per heavy atom. The Bertz CT molecular complexity index is 543. The summed E-state index contributed by atoms with van der Waals surface area (Å²) in [5.74, 6) is 0. The summed E-state index contributed by atoms with van der Waals surface area (Å²) < 4.78 is 0. The number of allylic oxidation sites excluding steroid dienone is 4. The first-order chi connectivity index (χ1) is 7.43. The van der Waals surface area contributed by atoms with E-state index < -0.39 is 0 Å². The molecule has 74 valence electrons. The Labute approximate surface area is 89.1 Å². The summed E-state index contributed by atoms with van der Waals surface area (Å²) in [5, 5.41) is 1.35. The van der Waals surface area contributed by atoms with E-state index in [1.165, 1.54) is 22.0 Å². The number of aromatic amines is 1. The maximum Gasteiger partial charge on any atom is 0.0456 e. The molecule has 0 amide bonds. The van der Waals surface area contributed by atoms with Gasteiger partial charge in [-0.05, 0) is 30.0 Å². The van der Waals surface area contributed by atoms with Crippen molar-refractivity contribution in [3.63, 3.8) is 0 Å². The second-order valence-electron chi connectivity index (χ2n) is 3.95. The van der Waals surface area contributed by atoms with Crippen molar-refractivity contribution in [2.24, 2.45) is 0 Å². The van der Waals surface area contributed by atoms with E-state index in [-0.39, 0.29) is 0 Å². The van der Waals surface area contributed by atoms with Crippen molar-refractivity contribution in [1.29, 1.82) is 0 Å². The van der Waals surface area contributed by atoms with Crippen LogP contribution in [0.4, 0.5) is 0 Å². The second-order valence-corrected chi connectivity index (χ2v) is 3.95. The topological polar surface area (TPSA) is 15.8 Å². The van der Waals surface area contributed by atoms with Crippen LogP contribution < -0.4 is 0 Å². The van der Waals surface area contributed by atoms with Crippen LogP contribution in [0, 0.1) is 0 Å². The molecule has 0 radical (unpaired) electrons. The summed E-state index contributed by atoms with van der Waals surface area (Å²) in [7, 11) is 0. The molecule has 0 spiro atoms. The predicted octanol–water partition coefficient (Wildman–Crippen LogP) is 3.60. The molecule has 0 atom stereocenters. The van der Waals surface area contributed by atoms with Gasteiger partial charge in [0.25, 0.3) is 0 Å². The molecule has 1 aliphatic rings. The predicted molar refractivity (Wildman–Crippen MR) is 63.8 cm³/mol. The van der Waals surface area contributed by atoms with Crippen LogP contribution >= 0.6 is 0 Å². The van der Waals surface area contributed by atoms with Gasteiger partial charge in [0.2, 0.25) is 0 Å². The third kappa shape index (κ3) is 1.50. The Hall–Kier alpha value is -1.76. The van der Waals surface area contributed by atoms with Gasteiger partial charge in [0.15, 0.2) is 0 Å². The summed E-state index contributed by atoms with van der Waals surface area (Å²) in [6, 6.07) is 8.47. The third-order valence-electron chi connectivity index (χ3n) is 2.92. The van der Waals surface area contributed by atoms with E-state index >= 15 is 0 Å². The Morgan fingerprint density at radius 1 is 1.20 bits per heavy atom. The van der Waals surface area contributed by atoms with Crippen LogP contribution in [0.2, 0.25) is 0 Å². The zero-order valence-electron chi connectivity index (χ0n) is 8.53. The molecule has 0 unspecified atom stereocenters. The molecular weight excluding hydrogens is 182 g/mol. The van der Waals surface area contributed by atoms with Crippen LogP contribution in [0.5, 0.6) is 0 Å². The quantitative estimate of drug-likeness (QED) is 0.753. The number of benzene rings is 1. The highest BCUT2D eigenvalue weighted by atomic mass is 14.7. The zero-order valence-corrected chi connectivity index (χ0v) is 8.53. The molecule has 1 aromatic heterocycles. The zero-order chi connectivity index (χ0) is 10.1. The number of fused-ring (bicyclic) bond motifs is 1. The SMILES string of the molecule is C1=CC(Cc2c[nH]c3ccccc23)=CC1. The van der Waals surface area contributed by atoms with Gasteiger partial charge < -0.3 is 4.98 Å². The number of H-pyrrole nitrogens is 1. The molecule has 1 aromatic carbocycles. The lowest BCUT2D eigenvalue weighted by Crippen LogP contribution is -1.83. The second kappa shape index (κ2) is 3.43. The molecule has 0 fully saturated rings. The van der Waals surface area contributed by atoms with Crippen LogP contribution in [0.3, 0.4) is 0 Å². The molecule has 0 aliphatic heterocycles. The van der Waals surface area contributed by atoms with E-state index in [0.29, 0.717) is 0 Å².